The third-order valence-electron chi connectivity index (χ3n) is 4.20. The number of urea groups is 1. The maximum Gasteiger partial charge on any atom is 0.319 e. The molecule has 0 spiro atoms. The fourth-order valence-corrected chi connectivity index (χ4v) is 3.06. The summed E-state index contributed by atoms with van der Waals surface area (Å²) in [5.74, 6) is 0. The van der Waals surface area contributed by atoms with Crippen LogP contribution in [0.2, 0.25) is 0 Å². The van der Waals surface area contributed by atoms with Gasteiger partial charge in [-0.05, 0) is 37.6 Å². The van der Waals surface area contributed by atoms with E-state index >= 15 is 0 Å². The molecule has 1 aromatic carbocycles. The number of carbonyl (C=O) groups is 1. The van der Waals surface area contributed by atoms with E-state index in [0.717, 1.165) is 19.7 Å². The standard InChI is InChI=1S/C16H20N4O2/c17-8-12-3-1-4-13(7-12)19-16(21)18-9-15-10-20-6-2-5-14(20)11-22-15/h1,3-4,7,14-15H,2,5-6,9-11H2,(H2,18,19,21). The van der Waals surface area contributed by atoms with E-state index in [1.807, 2.05) is 6.07 Å². The fourth-order valence-electron chi connectivity index (χ4n) is 3.06. The molecule has 2 atom stereocenters. The molecule has 2 fully saturated rings. The Morgan fingerprint density at radius 3 is 3.27 bits per heavy atom. The summed E-state index contributed by atoms with van der Waals surface area (Å²) in [7, 11) is 0. The van der Waals surface area contributed by atoms with E-state index in [9.17, 15) is 4.79 Å². The van der Waals surface area contributed by atoms with Gasteiger partial charge in [0.2, 0.25) is 0 Å². The van der Waals surface area contributed by atoms with Crippen LogP contribution >= 0.6 is 0 Å². The van der Waals surface area contributed by atoms with Crippen molar-refractivity contribution in [2.45, 2.75) is 25.0 Å². The summed E-state index contributed by atoms with van der Waals surface area (Å²) in [5, 5.41) is 14.4. The molecule has 22 heavy (non-hydrogen) atoms. The van der Waals surface area contributed by atoms with Gasteiger partial charge in [0.05, 0.1) is 24.3 Å². The van der Waals surface area contributed by atoms with Crippen molar-refractivity contribution in [3.05, 3.63) is 29.8 Å². The molecule has 3 rings (SSSR count). The molecular formula is C16H20N4O2. The topological polar surface area (TPSA) is 77.4 Å². The SMILES string of the molecule is N#Cc1cccc(NC(=O)NCC2CN3CCCC3CO2)c1. The molecule has 0 saturated carbocycles. The zero-order valence-electron chi connectivity index (χ0n) is 12.4. The van der Waals surface area contributed by atoms with Crippen LogP contribution in [0.5, 0.6) is 0 Å². The Kier molecular flexibility index (Phi) is 4.56. The van der Waals surface area contributed by atoms with Crippen LogP contribution in [0.3, 0.4) is 0 Å². The van der Waals surface area contributed by atoms with E-state index in [4.69, 9.17) is 10.00 Å². The molecular weight excluding hydrogens is 280 g/mol. The van der Waals surface area contributed by atoms with Crippen molar-refractivity contribution in [2.75, 3.05) is 31.6 Å². The van der Waals surface area contributed by atoms with Gasteiger partial charge in [0.15, 0.2) is 0 Å². The largest absolute Gasteiger partial charge is 0.373 e. The Balaban J connectivity index is 1.45. The van der Waals surface area contributed by atoms with Crippen molar-refractivity contribution < 1.29 is 9.53 Å². The molecule has 2 heterocycles. The minimum atomic E-state index is -0.276. The van der Waals surface area contributed by atoms with Crippen molar-refractivity contribution >= 4 is 11.7 Å². The molecule has 6 nitrogen and oxygen atoms in total. The minimum absolute atomic E-state index is 0.0468. The first-order valence-corrected chi connectivity index (χ1v) is 7.65. The smallest absolute Gasteiger partial charge is 0.319 e. The lowest BCUT2D eigenvalue weighted by Crippen LogP contribution is -2.50. The average Bonchev–Trinajstić information content (AvgIpc) is 3.00. The van der Waals surface area contributed by atoms with Gasteiger partial charge in [-0.25, -0.2) is 4.79 Å². The summed E-state index contributed by atoms with van der Waals surface area (Å²) < 4.78 is 5.80. The highest BCUT2D eigenvalue weighted by molar-refractivity contribution is 5.89. The van der Waals surface area contributed by atoms with Gasteiger partial charge >= 0.3 is 6.03 Å². The van der Waals surface area contributed by atoms with Gasteiger partial charge < -0.3 is 15.4 Å². The molecule has 2 aliphatic rings. The predicted octanol–water partition coefficient (Wildman–Crippen LogP) is 1.54. The summed E-state index contributed by atoms with van der Waals surface area (Å²) in [6.45, 7) is 3.28. The Labute approximate surface area is 130 Å². The van der Waals surface area contributed by atoms with Gasteiger partial charge in [0.25, 0.3) is 0 Å². The number of morpholine rings is 1. The van der Waals surface area contributed by atoms with Gasteiger partial charge in [-0.15, -0.1) is 0 Å². The third-order valence-corrected chi connectivity index (χ3v) is 4.20. The van der Waals surface area contributed by atoms with Gasteiger partial charge in [-0.1, -0.05) is 6.07 Å². The monoisotopic (exact) mass is 300 g/mol. The lowest BCUT2D eigenvalue weighted by atomic mass is 10.2. The van der Waals surface area contributed by atoms with Crippen molar-refractivity contribution in [1.82, 2.24) is 10.2 Å². The average molecular weight is 300 g/mol. The van der Waals surface area contributed by atoms with Crippen LogP contribution in [0.1, 0.15) is 18.4 Å². The van der Waals surface area contributed by atoms with Gasteiger partial charge in [-0.2, -0.15) is 5.26 Å². The second-order valence-electron chi connectivity index (χ2n) is 5.77. The third kappa shape index (κ3) is 3.56. The maximum atomic E-state index is 11.9. The van der Waals surface area contributed by atoms with Crippen LogP contribution in [0.4, 0.5) is 10.5 Å². The zero-order chi connectivity index (χ0) is 15.4. The van der Waals surface area contributed by atoms with E-state index in [1.54, 1.807) is 24.3 Å². The number of anilines is 1. The molecule has 2 aliphatic heterocycles. The summed E-state index contributed by atoms with van der Waals surface area (Å²) >= 11 is 0. The van der Waals surface area contributed by atoms with E-state index in [0.29, 0.717) is 23.8 Å². The van der Waals surface area contributed by atoms with Crippen LogP contribution in [0.25, 0.3) is 0 Å². The molecule has 0 aromatic heterocycles. The maximum absolute atomic E-state index is 11.9. The van der Waals surface area contributed by atoms with E-state index < -0.39 is 0 Å². The number of benzene rings is 1. The second-order valence-corrected chi connectivity index (χ2v) is 5.77. The van der Waals surface area contributed by atoms with Gasteiger partial charge in [0, 0.05) is 24.8 Å². The fraction of sp³-hybridized carbons (Fsp3) is 0.500. The lowest BCUT2D eigenvalue weighted by Gasteiger charge is -2.35. The Morgan fingerprint density at radius 2 is 2.41 bits per heavy atom. The molecule has 2 N–H and O–H groups in total. The number of nitrogens with one attached hydrogen (secondary N) is 2. The molecule has 0 bridgehead atoms. The van der Waals surface area contributed by atoms with Crippen molar-refractivity contribution in [3.63, 3.8) is 0 Å². The summed E-state index contributed by atoms with van der Waals surface area (Å²) in [6.07, 6.45) is 2.50. The highest BCUT2D eigenvalue weighted by Gasteiger charge is 2.32. The first-order chi connectivity index (χ1) is 10.7. The van der Waals surface area contributed by atoms with E-state index in [1.165, 1.54) is 12.8 Å². The highest BCUT2D eigenvalue weighted by atomic mass is 16.5. The number of amides is 2. The number of nitriles is 1. The number of rotatable bonds is 3. The van der Waals surface area contributed by atoms with Crippen LogP contribution in [-0.2, 0) is 4.74 Å². The number of carbonyl (C=O) groups excluding carboxylic acids is 1. The minimum Gasteiger partial charge on any atom is -0.373 e. The molecule has 0 aliphatic carbocycles. The van der Waals surface area contributed by atoms with E-state index in [-0.39, 0.29) is 12.1 Å². The zero-order valence-corrected chi connectivity index (χ0v) is 12.4. The lowest BCUT2D eigenvalue weighted by molar-refractivity contribution is -0.0456. The Hall–Kier alpha value is -2.10. The van der Waals surface area contributed by atoms with Crippen molar-refractivity contribution in [1.29, 1.82) is 5.26 Å². The molecule has 2 saturated heterocycles. The Bertz CT molecular complexity index is 584. The van der Waals surface area contributed by atoms with Crippen LogP contribution in [0, 0.1) is 11.3 Å². The van der Waals surface area contributed by atoms with Gasteiger partial charge in [-0.3, -0.25) is 4.90 Å². The summed E-state index contributed by atoms with van der Waals surface area (Å²) in [4.78, 5) is 14.4. The van der Waals surface area contributed by atoms with Crippen molar-refractivity contribution in [3.8, 4) is 6.07 Å². The number of hydrogen-bond acceptors (Lipinski definition) is 4. The molecule has 1 aromatic rings. The quantitative estimate of drug-likeness (QED) is 0.887. The molecule has 2 amide bonds. The number of nitrogens with zero attached hydrogens (tertiary/aromatic N) is 2. The normalized spacial score (nSPS) is 24.3. The first-order valence-electron chi connectivity index (χ1n) is 7.65. The summed E-state index contributed by atoms with van der Waals surface area (Å²) in [5.41, 5.74) is 1.13. The molecule has 6 heteroatoms. The molecule has 0 radical (unpaired) electrons. The highest BCUT2D eigenvalue weighted by Crippen LogP contribution is 2.22. The first kappa shape index (κ1) is 14.8. The molecule has 116 valence electrons. The number of hydrogen-bond donors (Lipinski definition) is 2. The predicted molar refractivity (Wildman–Crippen MR) is 82.5 cm³/mol. The second kappa shape index (κ2) is 6.77. The molecule has 2 unspecified atom stereocenters. The number of ether oxygens (including phenoxy) is 1. The van der Waals surface area contributed by atoms with Crippen LogP contribution < -0.4 is 10.6 Å². The summed E-state index contributed by atoms with van der Waals surface area (Å²) in [6, 6.07) is 9.18. The van der Waals surface area contributed by atoms with Gasteiger partial charge in [0.1, 0.15) is 0 Å². The van der Waals surface area contributed by atoms with Crippen LogP contribution in [-0.4, -0.2) is 49.3 Å². The van der Waals surface area contributed by atoms with Crippen molar-refractivity contribution in [2.24, 2.45) is 0 Å². The Morgan fingerprint density at radius 1 is 1.50 bits per heavy atom. The van der Waals surface area contributed by atoms with Crippen LogP contribution in [0.15, 0.2) is 24.3 Å². The number of fused-ring (bicyclic) bond motifs is 1. The van der Waals surface area contributed by atoms with E-state index in [2.05, 4.69) is 15.5 Å².